The zero-order valence-electron chi connectivity index (χ0n) is 11.4. The third kappa shape index (κ3) is 3.38. The first-order chi connectivity index (χ1) is 9.11. The maximum atomic E-state index is 10.9. The van der Waals surface area contributed by atoms with Gasteiger partial charge in [-0.3, -0.25) is 4.90 Å². The van der Waals surface area contributed by atoms with E-state index in [9.17, 15) is 4.79 Å². The summed E-state index contributed by atoms with van der Waals surface area (Å²) in [5.74, 6) is 1.55. The molecule has 2 saturated carbocycles. The molecular formula is C15H21NO3. The molecule has 1 aromatic heterocycles. The highest BCUT2D eigenvalue weighted by atomic mass is 16.4. The Morgan fingerprint density at radius 1 is 1.32 bits per heavy atom. The van der Waals surface area contributed by atoms with Crippen molar-refractivity contribution in [1.82, 2.24) is 4.90 Å². The predicted molar refractivity (Wildman–Crippen MR) is 71.1 cm³/mol. The Morgan fingerprint density at radius 3 is 2.32 bits per heavy atom. The number of aromatic carboxylic acids is 1. The first-order valence-corrected chi connectivity index (χ1v) is 7.17. The first kappa shape index (κ1) is 12.7. The molecule has 2 aliphatic rings. The Balaban J connectivity index is 1.66. The Bertz CT molecular complexity index is 458. The second-order valence-electron chi connectivity index (χ2n) is 6.08. The molecule has 2 aliphatic carbocycles. The van der Waals surface area contributed by atoms with Crippen molar-refractivity contribution in [2.45, 2.75) is 39.2 Å². The molecule has 0 aromatic carbocycles. The number of hydrogen-bond donors (Lipinski definition) is 1. The van der Waals surface area contributed by atoms with E-state index in [0.717, 1.165) is 42.8 Å². The average molecular weight is 263 g/mol. The van der Waals surface area contributed by atoms with Crippen LogP contribution in [0.1, 0.15) is 47.6 Å². The van der Waals surface area contributed by atoms with Crippen LogP contribution in [0.25, 0.3) is 0 Å². The van der Waals surface area contributed by atoms with E-state index >= 15 is 0 Å². The van der Waals surface area contributed by atoms with Crippen molar-refractivity contribution >= 4 is 5.97 Å². The van der Waals surface area contributed by atoms with Gasteiger partial charge in [0.05, 0.1) is 0 Å². The number of nitrogens with zero attached hydrogens (tertiary/aromatic N) is 1. The fourth-order valence-corrected chi connectivity index (χ4v) is 2.56. The molecule has 0 aliphatic heterocycles. The highest BCUT2D eigenvalue weighted by Gasteiger charge is 2.29. The number of carboxylic acid groups (broad SMARTS) is 1. The number of rotatable bonds is 7. The Hall–Kier alpha value is -1.29. The van der Waals surface area contributed by atoms with Crippen LogP contribution in [0.3, 0.4) is 0 Å². The van der Waals surface area contributed by atoms with Crippen LogP contribution < -0.4 is 0 Å². The molecular weight excluding hydrogens is 242 g/mol. The van der Waals surface area contributed by atoms with Gasteiger partial charge in [0, 0.05) is 25.2 Å². The highest BCUT2D eigenvalue weighted by molar-refractivity contribution is 5.84. The van der Waals surface area contributed by atoms with Crippen LogP contribution in [0, 0.1) is 18.8 Å². The van der Waals surface area contributed by atoms with Gasteiger partial charge in [-0.25, -0.2) is 4.79 Å². The molecule has 1 aromatic rings. The van der Waals surface area contributed by atoms with E-state index in [1.54, 1.807) is 6.07 Å². The molecule has 0 bridgehead atoms. The van der Waals surface area contributed by atoms with Crippen molar-refractivity contribution < 1.29 is 14.3 Å². The Kier molecular flexibility index (Phi) is 3.35. The summed E-state index contributed by atoms with van der Waals surface area (Å²) in [4.78, 5) is 13.4. The molecule has 4 nitrogen and oxygen atoms in total. The predicted octanol–water partition coefficient (Wildman–Crippen LogP) is 2.91. The minimum absolute atomic E-state index is 0.0605. The van der Waals surface area contributed by atoms with E-state index in [1.165, 1.54) is 25.7 Å². The average Bonchev–Trinajstić information content (AvgIpc) is 3.24. The molecule has 4 heteroatoms. The van der Waals surface area contributed by atoms with Crippen molar-refractivity contribution in [3.63, 3.8) is 0 Å². The van der Waals surface area contributed by atoms with Gasteiger partial charge in [0.25, 0.3) is 0 Å². The molecule has 1 N–H and O–H groups in total. The van der Waals surface area contributed by atoms with Crippen molar-refractivity contribution in [3.8, 4) is 0 Å². The van der Waals surface area contributed by atoms with Gasteiger partial charge >= 0.3 is 5.97 Å². The van der Waals surface area contributed by atoms with Crippen molar-refractivity contribution in [2.24, 2.45) is 11.8 Å². The quantitative estimate of drug-likeness (QED) is 0.821. The first-order valence-electron chi connectivity index (χ1n) is 7.17. The normalized spacial score (nSPS) is 19.1. The molecule has 0 saturated heterocycles. The third-order valence-electron chi connectivity index (χ3n) is 4.05. The van der Waals surface area contributed by atoms with Crippen LogP contribution in [0.5, 0.6) is 0 Å². The summed E-state index contributed by atoms with van der Waals surface area (Å²) in [6, 6.07) is 1.68. The van der Waals surface area contributed by atoms with Gasteiger partial charge in [-0.2, -0.15) is 0 Å². The van der Waals surface area contributed by atoms with Gasteiger partial charge in [-0.15, -0.1) is 0 Å². The standard InChI is InChI=1S/C15H21NO3/c1-10-13(6-14(19-10)15(17)18)9-16(7-11-2-3-11)8-12-4-5-12/h6,11-12H,2-5,7-9H2,1H3,(H,17,18). The molecule has 19 heavy (non-hydrogen) atoms. The molecule has 0 spiro atoms. The minimum Gasteiger partial charge on any atom is -0.475 e. The van der Waals surface area contributed by atoms with Crippen LogP contribution in [-0.4, -0.2) is 29.1 Å². The SMILES string of the molecule is Cc1oc(C(=O)O)cc1CN(CC1CC1)CC1CC1. The van der Waals surface area contributed by atoms with Crippen molar-refractivity contribution in [2.75, 3.05) is 13.1 Å². The van der Waals surface area contributed by atoms with Gasteiger partial charge in [0.1, 0.15) is 5.76 Å². The molecule has 0 amide bonds. The lowest BCUT2D eigenvalue weighted by atomic mass is 10.2. The molecule has 2 fully saturated rings. The van der Waals surface area contributed by atoms with Crippen LogP contribution in [0.15, 0.2) is 10.5 Å². The van der Waals surface area contributed by atoms with E-state index < -0.39 is 5.97 Å². The minimum atomic E-state index is -0.981. The number of carboxylic acids is 1. The van der Waals surface area contributed by atoms with E-state index in [2.05, 4.69) is 4.90 Å². The summed E-state index contributed by atoms with van der Waals surface area (Å²) in [7, 11) is 0. The van der Waals surface area contributed by atoms with Crippen LogP contribution in [0.2, 0.25) is 0 Å². The molecule has 0 radical (unpaired) electrons. The summed E-state index contributed by atoms with van der Waals surface area (Å²) in [5.41, 5.74) is 1.03. The number of furan rings is 1. The summed E-state index contributed by atoms with van der Waals surface area (Å²) < 4.78 is 5.29. The number of aryl methyl sites for hydroxylation is 1. The maximum absolute atomic E-state index is 10.9. The van der Waals surface area contributed by atoms with E-state index in [-0.39, 0.29) is 5.76 Å². The van der Waals surface area contributed by atoms with E-state index in [4.69, 9.17) is 9.52 Å². The summed E-state index contributed by atoms with van der Waals surface area (Å²) in [5, 5.41) is 8.96. The van der Waals surface area contributed by atoms with Crippen LogP contribution >= 0.6 is 0 Å². The second-order valence-corrected chi connectivity index (χ2v) is 6.08. The van der Waals surface area contributed by atoms with E-state index in [0.29, 0.717) is 0 Å². The summed E-state index contributed by atoms with van der Waals surface area (Å²) >= 11 is 0. The Morgan fingerprint density at radius 2 is 1.89 bits per heavy atom. The summed E-state index contributed by atoms with van der Waals surface area (Å²) in [6.45, 7) is 5.00. The van der Waals surface area contributed by atoms with Crippen LogP contribution in [-0.2, 0) is 6.54 Å². The Labute approximate surface area is 113 Å². The molecule has 0 unspecified atom stereocenters. The zero-order chi connectivity index (χ0) is 13.4. The monoisotopic (exact) mass is 263 g/mol. The topological polar surface area (TPSA) is 53.7 Å². The van der Waals surface area contributed by atoms with Gasteiger partial charge in [0.2, 0.25) is 5.76 Å². The number of hydrogen-bond acceptors (Lipinski definition) is 3. The fourth-order valence-electron chi connectivity index (χ4n) is 2.56. The molecule has 0 atom stereocenters. The lowest BCUT2D eigenvalue weighted by molar-refractivity contribution is 0.0661. The highest BCUT2D eigenvalue weighted by Crippen LogP contribution is 2.34. The molecule has 3 rings (SSSR count). The van der Waals surface area contributed by atoms with Crippen molar-refractivity contribution in [3.05, 3.63) is 23.2 Å². The summed E-state index contributed by atoms with van der Waals surface area (Å²) in [6.07, 6.45) is 5.41. The van der Waals surface area contributed by atoms with Gasteiger partial charge in [0.15, 0.2) is 0 Å². The lowest BCUT2D eigenvalue weighted by Crippen LogP contribution is -2.27. The second kappa shape index (κ2) is 5.00. The molecule has 104 valence electrons. The van der Waals surface area contributed by atoms with Crippen molar-refractivity contribution in [1.29, 1.82) is 0 Å². The number of carbonyl (C=O) groups is 1. The van der Waals surface area contributed by atoms with E-state index in [1.807, 2.05) is 6.92 Å². The van der Waals surface area contributed by atoms with Gasteiger partial charge < -0.3 is 9.52 Å². The molecule has 1 heterocycles. The lowest BCUT2D eigenvalue weighted by Gasteiger charge is -2.21. The fraction of sp³-hybridized carbons (Fsp3) is 0.667. The maximum Gasteiger partial charge on any atom is 0.371 e. The largest absolute Gasteiger partial charge is 0.475 e. The zero-order valence-corrected chi connectivity index (χ0v) is 11.4. The third-order valence-corrected chi connectivity index (χ3v) is 4.05. The van der Waals surface area contributed by atoms with Crippen LogP contribution in [0.4, 0.5) is 0 Å². The smallest absolute Gasteiger partial charge is 0.371 e. The van der Waals surface area contributed by atoms with Gasteiger partial charge in [-0.1, -0.05) is 0 Å². The van der Waals surface area contributed by atoms with Gasteiger partial charge in [-0.05, 0) is 50.5 Å².